The van der Waals surface area contributed by atoms with Gasteiger partial charge in [0, 0.05) is 12.1 Å². The van der Waals surface area contributed by atoms with Crippen molar-refractivity contribution in [3.63, 3.8) is 0 Å². The molecule has 126 valence electrons. The van der Waals surface area contributed by atoms with Crippen molar-refractivity contribution in [3.8, 4) is 17.2 Å². The van der Waals surface area contributed by atoms with Crippen molar-refractivity contribution in [2.75, 3.05) is 26.4 Å². The summed E-state index contributed by atoms with van der Waals surface area (Å²) in [7, 11) is 0. The van der Waals surface area contributed by atoms with Crippen LogP contribution in [0.3, 0.4) is 0 Å². The van der Waals surface area contributed by atoms with Crippen LogP contribution in [0.25, 0.3) is 0 Å². The van der Waals surface area contributed by atoms with Crippen molar-refractivity contribution < 1.29 is 19.3 Å². The number of ether oxygens (including phenoxy) is 3. The molecule has 0 bridgehead atoms. The van der Waals surface area contributed by atoms with E-state index in [1.807, 2.05) is 39.8 Å². The van der Waals surface area contributed by atoms with Crippen molar-refractivity contribution >= 4 is 0 Å². The molecule has 1 aromatic rings. The molecule has 2 atom stereocenters. The number of rotatable bonds is 10. The summed E-state index contributed by atoms with van der Waals surface area (Å²) < 4.78 is 17.2. The van der Waals surface area contributed by atoms with Gasteiger partial charge in [-0.05, 0) is 39.2 Å². The van der Waals surface area contributed by atoms with Gasteiger partial charge in [-0.2, -0.15) is 0 Å². The van der Waals surface area contributed by atoms with Gasteiger partial charge >= 0.3 is 0 Å². The molecule has 0 amide bonds. The summed E-state index contributed by atoms with van der Waals surface area (Å²) in [5.74, 6) is 2.13. The Morgan fingerprint density at radius 3 is 2.14 bits per heavy atom. The lowest BCUT2D eigenvalue weighted by Gasteiger charge is -2.22. The lowest BCUT2D eigenvalue weighted by Crippen LogP contribution is -2.21. The van der Waals surface area contributed by atoms with Gasteiger partial charge < -0.3 is 25.1 Å². The molecule has 1 rings (SSSR count). The largest absolute Gasteiger partial charge is 0.490 e. The molecular weight excluding hydrogens is 282 g/mol. The number of benzene rings is 1. The second-order valence-electron chi connectivity index (χ2n) is 5.14. The Bertz CT molecular complexity index is 451. The molecule has 0 spiro atoms. The van der Waals surface area contributed by atoms with Crippen LogP contribution in [-0.2, 0) is 0 Å². The molecule has 1 aromatic carbocycles. The molecule has 0 radical (unpaired) electrons. The van der Waals surface area contributed by atoms with Crippen molar-refractivity contribution in [1.29, 1.82) is 0 Å². The van der Waals surface area contributed by atoms with Gasteiger partial charge in [0.1, 0.15) is 0 Å². The summed E-state index contributed by atoms with van der Waals surface area (Å²) in [6.07, 6.45) is 0.0578. The average molecular weight is 311 g/mol. The molecule has 2 unspecified atom stereocenters. The third-order valence-corrected chi connectivity index (χ3v) is 3.41. The van der Waals surface area contributed by atoms with Crippen LogP contribution in [0.15, 0.2) is 12.1 Å². The van der Waals surface area contributed by atoms with E-state index in [-0.39, 0.29) is 12.5 Å². The molecule has 5 heteroatoms. The molecular formula is C17H29NO4. The lowest BCUT2D eigenvalue weighted by molar-refractivity contribution is 0.164. The monoisotopic (exact) mass is 311 g/mol. The van der Waals surface area contributed by atoms with Gasteiger partial charge in [-0.1, -0.05) is 13.0 Å². The lowest BCUT2D eigenvalue weighted by atomic mass is 9.93. The fraction of sp³-hybridized carbons (Fsp3) is 0.647. The van der Waals surface area contributed by atoms with E-state index in [0.29, 0.717) is 43.5 Å². The SMILES string of the molecule is CCOc1ccc(C(C)CC(O)CN)c(OCC)c1OCC. The first kappa shape index (κ1) is 18.6. The summed E-state index contributed by atoms with van der Waals surface area (Å²) in [4.78, 5) is 0. The van der Waals surface area contributed by atoms with E-state index >= 15 is 0 Å². The Morgan fingerprint density at radius 2 is 1.59 bits per heavy atom. The fourth-order valence-corrected chi connectivity index (χ4v) is 2.42. The van der Waals surface area contributed by atoms with E-state index in [4.69, 9.17) is 19.9 Å². The molecule has 0 saturated heterocycles. The predicted octanol–water partition coefficient (Wildman–Crippen LogP) is 2.70. The molecule has 0 heterocycles. The molecule has 0 saturated carbocycles. The van der Waals surface area contributed by atoms with Gasteiger partial charge in [0.25, 0.3) is 0 Å². The minimum atomic E-state index is -0.522. The van der Waals surface area contributed by atoms with Gasteiger partial charge in [-0.15, -0.1) is 0 Å². The van der Waals surface area contributed by atoms with Crippen LogP contribution in [0.2, 0.25) is 0 Å². The zero-order valence-corrected chi connectivity index (χ0v) is 14.1. The molecule has 0 aliphatic carbocycles. The molecule has 0 aromatic heterocycles. The quantitative estimate of drug-likeness (QED) is 0.695. The summed E-state index contributed by atoms with van der Waals surface area (Å²) in [5, 5.41) is 9.80. The second kappa shape index (κ2) is 9.54. The Hall–Kier alpha value is -1.46. The van der Waals surface area contributed by atoms with Crippen LogP contribution < -0.4 is 19.9 Å². The van der Waals surface area contributed by atoms with E-state index in [9.17, 15) is 5.11 Å². The molecule has 22 heavy (non-hydrogen) atoms. The maximum Gasteiger partial charge on any atom is 0.203 e. The highest BCUT2D eigenvalue weighted by Crippen LogP contribution is 2.44. The van der Waals surface area contributed by atoms with E-state index < -0.39 is 6.10 Å². The first-order valence-electron chi connectivity index (χ1n) is 8.02. The van der Waals surface area contributed by atoms with E-state index in [0.717, 1.165) is 5.56 Å². The number of nitrogens with two attached hydrogens (primary N) is 1. The fourth-order valence-electron chi connectivity index (χ4n) is 2.42. The smallest absolute Gasteiger partial charge is 0.203 e. The minimum Gasteiger partial charge on any atom is -0.490 e. The summed E-state index contributed by atoms with van der Waals surface area (Å²) in [5.41, 5.74) is 6.51. The highest BCUT2D eigenvalue weighted by molar-refractivity contribution is 5.56. The predicted molar refractivity (Wildman–Crippen MR) is 88.0 cm³/mol. The van der Waals surface area contributed by atoms with Crippen molar-refractivity contribution in [2.24, 2.45) is 5.73 Å². The van der Waals surface area contributed by atoms with Crippen LogP contribution in [0.1, 0.15) is 45.6 Å². The van der Waals surface area contributed by atoms with Crippen molar-refractivity contribution in [1.82, 2.24) is 0 Å². The minimum absolute atomic E-state index is 0.106. The van der Waals surface area contributed by atoms with Crippen LogP contribution in [0, 0.1) is 0 Å². The first-order valence-corrected chi connectivity index (χ1v) is 8.02. The molecule has 5 nitrogen and oxygen atoms in total. The summed E-state index contributed by atoms with van der Waals surface area (Å²) in [6.45, 7) is 9.73. The maximum absolute atomic E-state index is 9.80. The topological polar surface area (TPSA) is 73.9 Å². The van der Waals surface area contributed by atoms with Gasteiger partial charge in [0.05, 0.1) is 25.9 Å². The normalized spacial score (nSPS) is 13.5. The third kappa shape index (κ3) is 4.78. The van der Waals surface area contributed by atoms with E-state index in [1.165, 1.54) is 0 Å². The van der Waals surface area contributed by atoms with E-state index in [2.05, 4.69) is 0 Å². The number of aliphatic hydroxyl groups excluding tert-OH is 1. The number of hydrogen-bond donors (Lipinski definition) is 2. The third-order valence-electron chi connectivity index (χ3n) is 3.41. The summed E-state index contributed by atoms with van der Waals surface area (Å²) in [6, 6.07) is 3.88. The van der Waals surface area contributed by atoms with Gasteiger partial charge in [-0.3, -0.25) is 0 Å². The number of aliphatic hydroxyl groups is 1. The Balaban J connectivity index is 3.22. The van der Waals surface area contributed by atoms with Crippen LogP contribution in [0.5, 0.6) is 17.2 Å². The molecule has 0 fully saturated rings. The highest BCUT2D eigenvalue weighted by atomic mass is 16.5. The van der Waals surface area contributed by atoms with Crippen molar-refractivity contribution in [2.45, 2.75) is 46.1 Å². The van der Waals surface area contributed by atoms with E-state index in [1.54, 1.807) is 0 Å². The standard InChI is InChI=1S/C17H29NO4/c1-5-20-15-9-8-14(12(4)10-13(19)11-18)16(21-6-2)17(15)22-7-3/h8-9,12-13,19H,5-7,10-11,18H2,1-4H3. The van der Waals surface area contributed by atoms with Crippen LogP contribution in [-0.4, -0.2) is 37.6 Å². The van der Waals surface area contributed by atoms with Gasteiger partial charge in [0.2, 0.25) is 5.75 Å². The highest BCUT2D eigenvalue weighted by Gasteiger charge is 2.22. The Morgan fingerprint density at radius 1 is 1.00 bits per heavy atom. The zero-order chi connectivity index (χ0) is 16.5. The van der Waals surface area contributed by atoms with Gasteiger partial charge in [-0.25, -0.2) is 0 Å². The molecule has 0 aliphatic rings. The molecule has 3 N–H and O–H groups in total. The second-order valence-corrected chi connectivity index (χ2v) is 5.14. The molecule has 0 aliphatic heterocycles. The first-order chi connectivity index (χ1) is 10.6. The van der Waals surface area contributed by atoms with Crippen LogP contribution >= 0.6 is 0 Å². The Kier molecular flexibility index (Phi) is 8.06. The Labute approximate surface area is 133 Å². The average Bonchev–Trinajstić information content (AvgIpc) is 2.50. The zero-order valence-electron chi connectivity index (χ0n) is 14.1. The maximum atomic E-state index is 9.80. The van der Waals surface area contributed by atoms with Crippen LogP contribution in [0.4, 0.5) is 0 Å². The van der Waals surface area contributed by atoms with Gasteiger partial charge in [0.15, 0.2) is 11.5 Å². The van der Waals surface area contributed by atoms with Crippen molar-refractivity contribution in [3.05, 3.63) is 17.7 Å². The number of hydrogen-bond acceptors (Lipinski definition) is 5. The summed E-state index contributed by atoms with van der Waals surface area (Å²) >= 11 is 0.